The molecule has 172 valence electrons. The average Bonchev–Trinajstić information content (AvgIpc) is 3.59. The summed E-state index contributed by atoms with van der Waals surface area (Å²) in [5.41, 5.74) is 1.71. The number of aromatic nitrogens is 3. The number of rotatable bonds is 6. The smallest absolute Gasteiger partial charge is 0.357 e. The van der Waals surface area contributed by atoms with Crippen molar-refractivity contribution in [3.05, 3.63) is 84.0 Å². The van der Waals surface area contributed by atoms with Crippen LogP contribution < -0.4 is 4.90 Å². The van der Waals surface area contributed by atoms with Crippen LogP contribution in [0.25, 0.3) is 16.3 Å². The number of carbonyl (C=O) groups is 2. The highest BCUT2D eigenvalue weighted by molar-refractivity contribution is 7.13. The number of para-hydroxylation sites is 1. The molecule has 1 aromatic carbocycles. The summed E-state index contributed by atoms with van der Waals surface area (Å²) in [6, 6.07) is 20.8. The highest BCUT2D eigenvalue weighted by Gasteiger charge is 2.24. The van der Waals surface area contributed by atoms with E-state index in [0.29, 0.717) is 31.9 Å². The van der Waals surface area contributed by atoms with Crippen molar-refractivity contribution >= 4 is 29.0 Å². The zero-order valence-corrected chi connectivity index (χ0v) is 19.2. The van der Waals surface area contributed by atoms with Crippen molar-refractivity contribution in [1.29, 1.82) is 0 Å². The van der Waals surface area contributed by atoms with Gasteiger partial charge < -0.3 is 14.5 Å². The molecule has 1 aliphatic rings. The molecule has 0 N–H and O–H groups in total. The van der Waals surface area contributed by atoms with E-state index in [9.17, 15) is 9.59 Å². The first-order valence-electron chi connectivity index (χ1n) is 11.0. The van der Waals surface area contributed by atoms with Crippen LogP contribution in [-0.2, 0) is 9.53 Å². The number of hydrogen-bond donors (Lipinski definition) is 0. The van der Waals surface area contributed by atoms with Gasteiger partial charge in [-0.2, -0.15) is 5.10 Å². The van der Waals surface area contributed by atoms with Gasteiger partial charge in [0.1, 0.15) is 11.5 Å². The minimum absolute atomic E-state index is 0.210. The SMILES string of the molecule is O=C(OCC(=O)N1CCN(c2ccccn2)CC1)c1cc(-c2cccs2)nn1-c1ccccc1. The molecule has 0 aliphatic carbocycles. The van der Waals surface area contributed by atoms with Crippen molar-refractivity contribution in [3.63, 3.8) is 0 Å². The number of piperazine rings is 1. The molecule has 3 aromatic heterocycles. The van der Waals surface area contributed by atoms with Crippen molar-refractivity contribution in [2.24, 2.45) is 0 Å². The van der Waals surface area contributed by atoms with E-state index in [4.69, 9.17) is 4.74 Å². The van der Waals surface area contributed by atoms with Crippen LogP contribution >= 0.6 is 11.3 Å². The Balaban J connectivity index is 1.24. The number of benzene rings is 1. The molecule has 9 heteroatoms. The molecule has 5 rings (SSSR count). The number of esters is 1. The van der Waals surface area contributed by atoms with Crippen molar-refractivity contribution < 1.29 is 14.3 Å². The number of hydrogen-bond acceptors (Lipinski definition) is 7. The fourth-order valence-electron chi connectivity index (χ4n) is 3.86. The third-order valence-electron chi connectivity index (χ3n) is 5.63. The second-order valence-electron chi connectivity index (χ2n) is 7.77. The van der Waals surface area contributed by atoms with E-state index in [1.54, 1.807) is 33.2 Å². The molecule has 8 nitrogen and oxygen atoms in total. The van der Waals surface area contributed by atoms with Crippen LogP contribution in [0.15, 0.2) is 78.3 Å². The molecule has 4 heterocycles. The predicted octanol–water partition coefficient (Wildman–Crippen LogP) is 3.50. The van der Waals surface area contributed by atoms with Gasteiger partial charge in [-0.05, 0) is 35.7 Å². The Morgan fingerprint density at radius 1 is 0.941 bits per heavy atom. The lowest BCUT2D eigenvalue weighted by molar-refractivity contribution is -0.134. The summed E-state index contributed by atoms with van der Waals surface area (Å²) in [4.78, 5) is 34.9. The number of anilines is 1. The van der Waals surface area contributed by atoms with E-state index >= 15 is 0 Å². The van der Waals surface area contributed by atoms with Gasteiger partial charge in [-0.25, -0.2) is 14.5 Å². The summed E-state index contributed by atoms with van der Waals surface area (Å²) in [5.74, 6) is 0.106. The molecule has 0 unspecified atom stereocenters. The standard InChI is InChI=1S/C25H23N5O3S/c31-24(29-14-12-28(13-15-29)23-10-4-5-11-26-23)18-33-25(32)21-17-20(22-9-6-16-34-22)27-30(21)19-7-2-1-3-8-19/h1-11,16-17H,12-15,18H2. The van der Waals surface area contributed by atoms with E-state index in [1.807, 2.05) is 66.0 Å². The Hall–Kier alpha value is -3.98. The first-order valence-corrected chi connectivity index (χ1v) is 11.9. The fraction of sp³-hybridized carbons (Fsp3) is 0.200. The molecular weight excluding hydrogens is 450 g/mol. The van der Waals surface area contributed by atoms with E-state index in [1.165, 1.54) is 0 Å². The number of ether oxygens (including phenoxy) is 1. The molecule has 0 radical (unpaired) electrons. The van der Waals surface area contributed by atoms with Crippen LogP contribution in [0, 0.1) is 0 Å². The number of amides is 1. The molecule has 4 aromatic rings. The second kappa shape index (κ2) is 9.88. The lowest BCUT2D eigenvalue weighted by atomic mass is 10.3. The molecule has 1 saturated heterocycles. The van der Waals surface area contributed by atoms with Crippen LogP contribution in [0.4, 0.5) is 5.82 Å². The van der Waals surface area contributed by atoms with E-state index in [-0.39, 0.29) is 18.2 Å². The third kappa shape index (κ3) is 4.69. The summed E-state index contributed by atoms with van der Waals surface area (Å²) >= 11 is 1.54. The van der Waals surface area contributed by atoms with E-state index in [2.05, 4.69) is 15.0 Å². The third-order valence-corrected chi connectivity index (χ3v) is 6.52. The molecule has 0 bridgehead atoms. The molecule has 0 spiro atoms. The second-order valence-corrected chi connectivity index (χ2v) is 8.72. The Morgan fingerprint density at radius 2 is 1.74 bits per heavy atom. The highest BCUT2D eigenvalue weighted by Crippen LogP contribution is 2.26. The van der Waals surface area contributed by atoms with Gasteiger partial charge in [0.2, 0.25) is 0 Å². The van der Waals surface area contributed by atoms with E-state index < -0.39 is 5.97 Å². The van der Waals surface area contributed by atoms with Gasteiger partial charge in [-0.15, -0.1) is 11.3 Å². The maximum atomic E-state index is 13.0. The molecule has 0 saturated carbocycles. The van der Waals surface area contributed by atoms with Gasteiger partial charge in [0.15, 0.2) is 12.3 Å². The van der Waals surface area contributed by atoms with Gasteiger partial charge >= 0.3 is 5.97 Å². The van der Waals surface area contributed by atoms with Crippen molar-refractivity contribution in [2.75, 3.05) is 37.7 Å². The highest BCUT2D eigenvalue weighted by atomic mass is 32.1. The number of pyridine rings is 1. The monoisotopic (exact) mass is 473 g/mol. The molecule has 1 amide bonds. The number of nitrogens with zero attached hydrogens (tertiary/aromatic N) is 5. The van der Waals surface area contributed by atoms with Gasteiger partial charge in [-0.1, -0.05) is 30.3 Å². The molecule has 1 aliphatic heterocycles. The Morgan fingerprint density at radius 3 is 2.44 bits per heavy atom. The normalized spacial score (nSPS) is 13.6. The summed E-state index contributed by atoms with van der Waals surface area (Å²) in [5, 5.41) is 6.58. The van der Waals surface area contributed by atoms with Crippen LogP contribution in [0.1, 0.15) is 10.5 Å². The van der Waals surface area contributed by atoms with Crippen LogP contribution in [-0.4, -0.2) is 64.3 Å². The topological polar surface area (TPSA) is 80.6 Å². The van der Waals surface area contributed by atoms with Crippen molar-refractivity contribution in [2.45, 2.75) is 0 Å². The summed E-state index contributed by atoms with van der Waals surface area (Å²) in [6.07, 6.45) is 1.76. The summed E-state index contributed by atoms with van der Waals surface area (Å²) in [6.45, 7) is 2.16. The predicted molar refractivity (Wildman–Crippen MR) is 130 cm³/mol. The van der Waals surface area contributed by atoms with Gasteiger partial charge in [0.25, 0.3) is 5.91 Å². The van der Waals surface area contributed by atoms with Crippen LogP contribution in [0.2, 0.25) is 0 Å². The van der Waals surface area contributed by atoms with Gasteiger partial charge in [0, 0.05) is 38.4 Å². The summed E-state index contributed by atoms with van der Waals surface area (Å²) in [7, 11) is 0. The zero-order valence-electron chi connectivity index (χ0n) is 18.4. The summed E-state index contributed by atoms with van der Waals surface area (Å²) < 4.78 is 7.00. The first kappa shape index (κ1) is 21.8. The Bertz CT molecular complexity index is 1250. The number of thiophene rings is 1. The van der Waals surface area contributed by atoms with Crippen LogP contribution in [0.5, 0.6) is 0 Å². The Kier molecular flexibility index (Phi) is 6.35. The molecule has 0 atom stereocenters. The van der Waals surface area contributed by atoms with Gasteiger partial charge in [-0.3, -0.25) is 4.79 Å². The van der Waals surface area contributed by atoms with Crippen molar-refractivity contribution in [3.8, 4) is 16.3 Å². The van der Waals surface area contributed by atoms with E-state index in [0.717, 1.165) is 16.4 Å². The first-order chi connectivity index (χ1) is 16.7. The molecular formula is C25H23N5O3S. The largest absolute Gasteiger partial charge is 0.451 e. The zero-order chi connectivity index (χ0) is 23.3. The lowest BCUT2D eigenvalue weighted by Gasteiger charge is -2.35. The molecule has 34 heavy (non-hydrogen) atoms. The maximum absolute atomic E-state index is 13.0. The minimum atomic E-state index is -0.584. The quantitative estimate of drug-likeness (QED) is 0.399. The van der Waals surface area contributed by atoms with Crippen LogP contribution in [0.3, 0.4) is 0 Å². The van der Waals surface area contributed by atoms with Gasteiger partial charge in [0.05, 0.1) is 10.6 Å². The maximum Gasteiger partial charge on any atom is 0.357 e. The number of carbonyl (C=O) groups excluding carboxylic acids is 2. The van der Waals surface area contributed by atoms with Crippen molar-refractivity contribution in [1.82, 2.24) is 19.7 Å². The Labute approximate surface area is 201 Å². The fourth-order valence-corrected chi connectivity index (χ4v) is 4.54. The average molecular weight is 474 g/mol. The minimum Gasteiger partial charge on any atom is -0.451 e. The lowest BCUT2D eigenvalue weighted by Crippen LogP contribution is -2.50. The molecule has 1 fully saturated rings.